The highest BCUT2D eigenvalue weighted by molar-refractivity contribution is 5.83. The Balaban J connectivity index is 2.46. The zero-order valence-electron chi connectivity index (χ0n) is 9.10. The van der Waals surface area contributed by atoms with E-state index in [1.165, 1.54) is 19.3 Å². The van der Waals surface area contributed by atoms with Gasteiger partial charge in [0.1, 0.15) is 5.60 Å². The maximum Gasteiger partial charge on any atom is 0.143 e. The van der Waals surface area contributed by atoms with Crippen LogP contribution in [0, 0.1) is 0 Å². The van der Waals surface area contributed by atoms with Crippen molar-refractivity contribution >= 4 is 5.71 Å². The summed E-state index contributed by atoms with van der Waals surface area (Å²) in [7, 11) is 0. The van der Waals surface area contributed by atoms with Gasteiger partial charge in [-0.05, 0) is 26.2 Å². The molecule has 0 saturated heterocycles. The Morgan fingerprint density at radius 2 is 2.08 bits per heavy atom. The maximum absolute atomic E-state index is 5.58. The molecule has 0 aromatic heterocycles. The minimum absolute atomic E-state index is 0.0643. The van der Waals surface area contributed by atoms with Crippen molar-refractivity contribution in [1.82, 2.24) is 0 Å². The van der Waals surface area contributed by atoms with Gasteiger partial charge >= 0.3 is 0 Å². The second kappa shape index (κ2) is 4.64. The highest BCUT2D eigenvalue weighted by atomic mass is 16.7. The van der Waals surface area contributed by atoms with Crippen LogP contribution >= 0.6 is 0 Å². The van der Waals surface area contributed by atoms with Crippen LogP contribution in [0.25, 0.3) is 0 Å². The first-order valence-electron chi connectivity index (χ1n) is 5.44. The van der Waals surface area contributed by atoms with Gasteiger partial charge in [0.15, 0.2) is 0 Å². The lowest BCUT2D eigenvalue weighted by atomic mass is 9.87. The fourth-order valence-electron chi connectivity index (χ4n) is 2.05. The predicted molar refractivity (Wildman–Crippen MR) is 56.0 cm³/mol. The Morgan fingerprint density at radius 1 is 1.31 bits per heavy atom. The van der Waals surface area contributed by atoms with Gasteiger partial charge in [0, 0.05) is 6.42 Å². The average molecular weight is 183 g/mol. The molecule has 2 nitrogen and oxygen atoms in total. The summed E-state index contributed by atoms with van der Waals surface area (Å²) in [5.41, 5.74) is 1.22. The van der Waals surface area contributed by atoms with E-state index in [2.05, 4.69) is 25.9 Å². The van der Waals surface area contributed by atoms with Gasteiger partial charge in [-0.1, -0.05) is 31.8 Å². The molecule has 1 rings (SSSR count). The molecular formula is C11H21NO. The summed E-state index contributed by atoms with van der Waals surface area (Å²) in [6.07, 6.45) is 7.04. The van der Waals surface area contributed by atoms with Crippen LogP contribution in [0.5, 0.6) is 0 Å². The number of nitrogens with zero attached hydrogens (tertiary/aromatic N) is 1. The van der Waals surface area contributed by atoms with Crippen molar-refractivity contribution < 1.29 is 4.84 Å². The molecule has 76 valence electrons. The third kappa shape index (κ3) is 2.71. The van der Waals surface area contributed by atoms with Crippen LogP contribution in [0.1, 0.15) is 59.3 Å². The van der Waals surface area contributed by atoms with E-state index in [0.717, 1.165) is 25.0 Å². The van der Waals surface area contributed by atoms with Crippen LogP contribution in [-0.4, -0.2) is 11.3 Å². The van der Waals surface area contributed by atoms with Crippen LogP contribution in [0.3, 0.4) is 0 Å². The molecule has 0 spiro atoms. The monoisotopic (exact) mass is 183 g/mol. The second-order valence-electron chi connectivity index (χ2n) is 4.13. The van der Waals surface area contributed by atoms with Crippen LogP contribution in [0.4, 0.5) is 0 Å². The number of oxime groups is 1. The molecule has 0 aliphatic carbocycles. The van der Waals surface area contributed by atoms with Crippen molar-refractivity contribution in [3.05, 3.63) is 0 Å². The van der Waals surface area contributed by atoms with Crippen LogP contribution in [0.15, 0.2) is 5.16 Å². The number of rotatable bonds is 5. The van der Waals surface area contributed by atoms with Gasteiger partial charge in [-0.2, -0.15) is 0 Å². The van der Waals surface area contributed by atoms with Gasteiger partial charge in [-0.3, -0.25) is 0 Å². The first-order chi connectivity index (χ1) is 6.22. The molecule has 0 amide bonds. The lowest BCUT2D eigenvalue weighted by Gasteiger charge is -2.25. The highest BCUT2D eigenvalue weighted by Gasteiger charge is 2.35. The molecule has 0 radical (unpaired) electrons. The average Bonchev–Trinajstić information content (AvgIpc) is 2.46. The van der Waals surface area contributed by atoms with E-state index in [4.69, 9.17) is 4.84 Å². The molecule has 1 unspecified atom stereocenters. The number of hydrogen-bond acceptors (Lipinski definition) is 2. The van der Waals surface area contributed by atoms with Crippen molar-refractivity contribution in [2.24, 2.45) is 5.16 Å². The fourth-order valence-corrected chi connectivity index (χ4v) is 2.05. The molecule has 1 aliphatic rings. The zero-order chi connectivity index (χ0) is 9.73. The summed E-state index contributed by atoms with van der Waals surface area (Å²) in [6.45, 7) is 6.50. The Kier molecular flexibility index (Phi) is 3.76. The van der Waals surface area contributed by atoms with E-state index in [1.807, 2.05) is 0 Å². The molecule has 0 fully saturated rings. The lowest BCUT2D eigenvalue weighted by molar-refractivity contribution is -0.0334. The summed E-state index contributed by atoms with van der Waals surface area (Å²) in [6, 6.07) is 0. The Morgan fingerprint density at radius 3 is 2.54 bits per heavy atom. The summed E-state index contributed by atoms with van der Waals surface area (Å²) >= 11 is 0. The Bertz CT molecular complexity index is 189. The zero-order valence-corrected chi connectivity index (χ0v) is 9.10. The first-order valence-corrected chi connectivity index (χ1v) is 5.44. The summed E-state index contributed by atoms with van der Waals surface area (Å²) in [5, 5.41) is 4.08. The summed E-state index contributed by atoms with van der Waals surface area (Å²) in [4.78, 5) is 5.58. The van der Waals surface area contributed by atoms with E-state index in [9.17, 15) is 0 Å². The number of unbranched alkanes of at least 4 members (excludes halogenated alkanes) is 1. The van der Waals surface area contributed by atoms with Crippen molar-refractivity contribution in [2.75, 3.05) is 0 Å². The topological polar surface area (TPSA) is 21.6 Å². The van der Waals surface area contributed by atoms with Crippen molar-refractivity contribution in [3.63, 3.8) is 0 Å². The lowest BCUT2D eigenvalue weighted by Crippen LogP contribution is -2.28. The first kappa shape index (κ1) is 10.6. The van der Waals surface area contributed by atoms with Crippen LogP contribution < -0.4 is 0 Å². The van der Waals surface area contributed by atoms with E-state index in [1.54, 1.807) is 0 Å². The standard InChI is InChI=1S/C11H21NO/c1-4-6-8-11(7-5-2)9-10(3)12-13-11/h4-9H2,1-3H3. The molecular weight excluding hydrogens is 162 g/mol. The minimum Gasteiger partial charge on any atom is -0.389 e. The Labute approximate surface area is 81.3 Å². The fraction of sp³-hybridized carbons (Fsp3) is 0.909. The number of hydrogen-bond donors (Lipinski definition) is 0. The largest absolute Gasteiger partial charge is 0.389 e. The second-order valence-corrected chi connectivity index (χ2v) is 4.13. The smallest absolute Gasteiger partial charge is 0.143 e. The molecule has 0 saturated carbocycles. The predicted octanol–water partition coefficient (Wildman–Crippen LogP) is 3.51. The van der Waals surface area contributed by atoms with E-state index >= 15 is 0 Å². The van der Waals surface area contributed by atoms with Gasteiger partial charge in [0.05, 0.1) is 5.71 Å². The maximum atomic E-state index is 5.58. The van der Waals surface area contributed by atoms with Crippen molar-refractivity contribution in [3.8, 4) is 0 Å². The van der Waals surface area contributed by atoms with Gasteiger partial charge in [-0.25, -0.2) is 0 Å². The molecule has 0 N–H and O–H groups in total. The van der Waals surface area contributed by atoms with Gasteiger partial charge in [0.25, 0.3) is 0 Å². The molecule has 1 atom stereocenters. The van der Waals surface area contributed by atoms with Crippen molar-refractivity contribution in [2.45, 2.75) is 64.9 Å². The molecule has 1 heterocycles. The molecule has 0 bridgehead atoms. The Hall–Kier alpha value is -0.530. The summed E-state index contributed by atoms with van der Waals surface area (Å²) in [5.74, 6) is 0. The van der Waals surface area contributed by atoms with Gasteiger partial charge in [-0.15, -0.1) is 0 Å². The van der Waals surface area contributed by atoms with E-state index in [-0.39, 0.29) is 5.60 Å². The minimum atomic E-state index is 0.0643. The third-order valence-electron chi connectivity index (χ3n) is 2.66. The normalized spacial score (nSPS) is 27.2. The van der Waals surface area contributed by atoms with E-state index < -0.39 is 0 Å². The quantitative estimate of drug-likeness (QED) is 0.639. The molecule has 0 aromatic rings. The summed E-state index contributed by atoms with van der Waals surface area (Å²) < 4.78 is 0. The molecule has 13 heavy (non-hydrogen) atoms. The molecule has 1 aliphatic heterocycles. The molecule has 2 heteroatoms. The highest BCUT2D eigenvalue weighted by Crippen LogP contribution is 2.33. The van der Waals surface area contributed by atoms with Gasteiger partial charge in [0.2, 0.25) is 0 Å². The van der Waals surface area contributed by atoms with Gasteiger partial charge < -0.3 is 4.84 Å². The third-order valence-corrected chi connectivity index (χ3v) is 2.66. The van der Waals surface area contributed by atoms with E-state index in [0.29, 0.717) is 0 Å². The van der Waals surface area contributed by atoms with Crippen molar-refractivity contribution in [1.29, 1.82) is 0 Å². The van der Waals surface area contributed by atoms with Crippen LogP contribution in [-0.2, 0) is 4.84 Å². The van der Waals surface area contributed by atoms with Crippen LogP contribution in [0.2, 0.25) is 0 Å². The SMILES string of the molecule is CCCCC1(CCC)CC(C)=NO1. The molecule has 0 aromatic carbocycles.